The summed E-state index contributed by atoms with van der Waals surface area (Å²) < 4.78 is 0. The average Bonchev–Trinajstić information content (AvgIpc) is 2.92. The van der Waals surface area contributed by atoms with Gasteiger partial charge in [-0.1, -0.05) is 13.3 Å². The second-order valence-corrected chi connectivity index (χ2v) is 6.11. The van der Waals surface area contributed by atoms with Crippen LogP contribution in [0.5, 0.6) is 0 Å². The molecule has 0 saturated carbocycles. The Bertz CT molecular complexity index is 348. The van der Waals surface area contributed by atoms with E-state index in [0.29, 0.717) is 6.04 Å². The minimum absolute atomic E-state index is 0.455. The summed E-state index contributed by atoms with van der Waals surface area (Å²) in [6.45, 7) is 7.71. The Kier molecular flexibility index (Phi) is 4.60. The van der Waals surface area contributed by atoms with Crippen molar-refractivity contribution in [2.75, 3.05) is 19.6 Å². The zero-order valence-electron chi connectivity index (χ0n) is 11.0. The van der Waals surface area contributed by atoms with Crippen LogP contribution in [0.2, 0.25) is 0 Å². The van der Waals surface area contributed by atoms with Gasteiger partial charge in [0, 0.05) is 18.0 Å². The lowest BCUT2D eigenvalue weighted by Crippen LogP contribution is -2.31. The van der Waals surface area contributed by atoms with E-state index in [0.717, 1.165) is 12.5 Å². The fraction of sp³-hybridized carbons (Fsp3) is 0.714. The quantitative estimate of drug-likeness (QED) is 0.872. The molecule has 17 heavy (non-hydrogen) atoms. The highest BCUT2D eigenvalue weighted by molar-refractivity contribution is 7.10. The highest BCUT2D eigenvalue weighted by Crippen LogP contribution is 2.33. The third-order valence-corrected chi connectivity index (χ3v) is 5.00. The molecule has 2 heterocycles. The van der Waals surface area contributed by atoms with Crippen molar-refractivity contribution >= 4 is 11.3 Å². The molecule has 0 spiro atoms. The van der Waals surface area contributed by atoms with Crippen molar-refractivity contribution < 1.29 is 0 Å². The first-order chi connectivity index (χ1) is 8.26. The maximum Gasteiger partial charge on any atom is 0.0567 e. The van der Waals surface area contributed by atoms with Crippen molar-refractivity contribution in [3.05, 3.63) is 21.9 Å². The van der Waals surface area contributed by atoms with Crippen LogP contribution in [0.4, 0.5) is 0 Å². The maximum atomic E-state index is 6.00. The van der Waals surface area contributed by atoms with Crippen LogP contribution in [0.1, 0.15) is 42.7 Å². The van der Waals surface area contributed by atoms with Gasteiger partial charge in [0.1, 0.15) is 0 Å². The first kappa shape index (κ1) is 13.1. The highest BCUT2D eigenvalue weighted by atomic mass is 32.1. The zero-order valence-corrected chi connectivity index (χ0v) is 11.8. The molecule has 1 saturated heterocycles. The molecule has 2 N–H and O–H groups in total. The molecule has 1 aliphatic rings. The first-order valence-electron chi connectivity index (χ1n) is 6.74. The number of likely N-dealkylation sites (tertiary alicyclic amines) is 1. The van der Waals surface area contributed by atoms with Crippen molar-refractivity contribution in [1.82, 2.24) is 4.90 Å². The molecule has 0 amide bonds. The van der Waals surface area contributed by atoms with Crippen LogP contribution >= 0.6 is 11.3 Å². The Labute approximate surface area is 109 Å². The molecule has 0 aromatic carbocycles. The van der Waals surface area contributed by atoms with E-state index in [1.54, 1.807) is 0 Å². The zero-order chi connectivity index (χ0) is 12.3. The number of rotatable bonds is 5. The molecule has 0 radical (unpaired) electrons. The minimum atomic E-state index is 0.455. The van der Waals surface area contributed by atoms with Gasteiger partial charge in [-0.2, -0.15) is 0 Å². The molecular formula is C14H24N2S. The molecule has 1 aromatic heterocycles. The molecule has 1 fully saturated rings. The first-order valence-corrected chi connectivity index (χ1v) is 7.62. The molecule has 2 atom stereocenters. The van der Waals surface area contributed by atoms with Crippen LogP contribution in [0, 0.1) is 12.8 Å². The summed E-state index contributed by atoms with van der Waals surface area (Å²) >= 11 is 1.86. The van der Waals surface area contributed by atoms with Gasteiger partial charge in [-0.3, -0.25) is 4.90 Å². The van der Waals surface area contributed by atoms with E-state index < -0.39 is 0 Å². The maximum absolute atomic E-state index is 6.00. The number of hydrogen-bond donors (Lipinski definition) is 1. The van der Waals surface area contributed by atoms with Crippen LogP contribution in [0.25, 0.3) is 0 Å². The van der Waals surface area contributed by atoms with E-state index in [2.05, 4.69) is 30.2 Å². The van der Waals surface area contributed by atoms with Crippen LogP contribution < -0.4 is 5.73 Å². The molecular weight excluding hydrogens is 228 g/mol. The van der Waals surface area contributed by atoms with E-state index >= 15 is 0 Å². The predicted octanol–water partition coefficient (Wildman–Crippen LogP) is 3.18. The van der Waals surface area contributed by atoms with Crippen LogP contribution in [-0.2, 0) is 0 Å². The Balaban J connectivity index is 2.03. The lowest BCUT2D eigenvalue weighted by Gasteiger charge is -2.26. The number of nitrogens with two attached hydrogens (primary N) is 1. The standard InChI is InChI=1S/C14H24N2S/c1-3-4-12-5-7-16(10-12)13(9-15)14-11(2)6-8-17-14/h6,8,12-13H,3-5,7,9-10,15H2,1-2H3. The summed E-state index contributed by atoms with van der Waals surface area (Å²) in [5.74, 6) is 0.898. The van der Waals surface area contributed by atoms with Gasteiger partial charge < -0.3 is 5.73 Å². The Hall–Kier alpha value is -0.380. The number of aryl methyl sites for hydroxylation is 1. The van der Waals surface area contributed by atoms with Gasteiger partial charge in [0.25, 0.3) is 0 Å². The summed E-state index contributed by atoms with van der Waals surface area (Å²) in [6, 6.07) is 2.67. The second kappa shape index (κ2) is 5.98. The van der Waals surface area contributed by atoms with E-state index in [1.165, 1.54) is 42.8 Å². The second-order valence-electron chi connectivity index (χ2n) is 5.16. The van der Waals surface area contributed by atoms with Gasteiger partial charge in [0.05, 0.1) is 6.04 Å². The van der Waals surface area contributed by atoms with Gasteiger partial charge in [0.15, 0.2) is 0 Å². The van der Waals surface area contributed by atoms with Crippen molar-refractivity contribution in [3.63, 3.8) is 0 Å². The Morgan fingerprint density at radius 2 is 2.41 bits per heavy atom. The fourth-order valence-electron chi connectivity index (χ4n) is 2.94. The van der Waals surface area contributed by atoms with Gasteiger partial charge in [-0.25, -0.2) is 0 Å². The molecule has 3 heteroatoms. The van der Waals surface area contributed by atoms with Crippen LogP contribution in [-0.4, -0.2) is 24.5 Å². The Morgan fingerprint density at radius 3 is 3.00 bits per heavy atom. The minimum Gasteiger partial charge on any atom is -0.329 e. The van der Waals surface area contributed by atoms with Crippen LogP contribution in [0.3, 0.4) is 0 Å². The average molecular weight is 252 g/mol. The number of hydrogen-bond acceptors (Lipinski definition) is 3. The van der Waals surface area contributed by atoms with E-state index in [4.69, 9.17) is 5.73 Å². The largest absolute Gasteiger partial charge is 0.329 e. The topological polar surface area (TPSA) is 29.3 Å². The van der Waals surface area contributed by atoms with Crippen molar-refractivity contribution in [3.8, 4) is 0 Å². The van der Waals surface area contributed by atoms with E-state index in [-0.39, 0.29) is 0 Å². The third kappa shape index (κ3) is 2.90. The fourth-order valence-corrected chi connectivity index (χ4v) is 4.01. The molecule has 2 nitrogen and oxygen atoms in total. The van der Waals surface area contributed by atoms with Crippen molar-refractivity contribution in [2.24, 2.45) is 11.7 Å². The molecule has 0 bridgehead atoms. The molecule has 2 unspecified atom stereocenters. The van der Waals surface area contributed by atoms with Gasteiger partial charge in [0.2, 0.25) is 0 Å². The summed E-state index contributed by atoms with van der Waals surface area (Å²) in [5.41, 5.74) is 7.40. The number of thiophene rings is 1. The summed E-state index contributed by atoms with van der Waals surface area (Å²) in [7, 11) is 0. The van der Waals surface area contributed by atoms with Crippen molar-refractivity contribution in [2.45, 2.75) is 39.2 Å². The van der Waals surface area contributed by atoms with E-state index in [1.807, 2.05) is 11.3 Å². The molecule has 2 rings (SSSR count). The molecule has 96 valence electrons. The van der Waals surface area contributed by atoms with Gasteiger partial charge in [-0.15, -0.1) is 11.3 Å². The normalized spacial score (nSPS) is 23.1. The summed E-state index contributed by atoms with van der Waals surface area (Å²) in [6.07, 6.45) is 4.04. The monoisotopic (exact) mass is 252 g/mol. The Morgan fingerprint density at radius 1 is 1.59 bits per heavy atom. The van der Waals surface area contributed by atoms with Gasteiger partial charge in [-0.05, 0) is 49.2 Å². The highest BCUT2D eigenvalue weighted by Gasteiger charge is 2.29. The van der Waals surface area contributed by atoms with Gasteiger partial charge >= 0.3 is 0 Å². The predicted molar refractivity (Wildman–Crippen MR) is 75.4 cm³/mol. The molecule has 1 aromatic rings. The molecule has 1 aliphatic heterocycles. The number of nitrogens with zero attached hydrogens (tertiary/aromatic N) is 1. The van der Waals surface area contributed by atoms with Crippen LogP contribution in [0.15, 0.2) is 11.4 Å². The van der Waals surface area contributed by atoms with Crippen molar-refractivity contribution in [1.29, 1.82) is 0 Å². The SMILES string of the molecule is CCCC1CCN(C(CN)c2sccc2C)C1. The summed E-state index contributed by atoms with van der Waals surface area (Å²) in [4.78, 5) is 4.07. The smallest absolute Gasteiger partial charge is 0.0567 e. The lowest BCUT2D eigenvalue weighted by atomic mass is 10.0. The van der Waals surface area contributed by atoms with E-state index in [9.17, 15) is 0 Å². The third-order valence-electron chi connectivity index (χ3n) is 3.88. The summed E-state index contributed by atoms with van der Waals surface area (Å²) in [5, 5.41) is 2.19. The molecule has 0 aliphatic carbocycles. The lowest BCUT2D eigenvalue weighted by molar-refractivity contribution is 0.242.